The maximum atomic E-state index is 2.73. The van der Waals surface area contributed by atoms with Gasteiger partial charge < -0.3 is 4.90 Å². The molecular weight excluding hydrogens is 256 g/mol. The molecular formula is C19H30N2. The average molecular weight is 286 g/mol. The van der Waals surface area contributed by atoms with E-state index in [2.05, 4.69) is 47.9 Å². The molecule has 0 amide bonds. The molecule has 2 fully saturated rings. The lowest BCUT2D eigenvalue weighted by molar-refractivity contribution is 0.187. The van der Waals surface area contributed by atoms with Crippen molar-refractivity contribution in [3.63, 3.8) is 0 Å². The van der Waals surface area contributed by atoms with Crippen LogP contribution in [0.3, 0.4) is 0 Å². The van der Waals surface area contributed by atoms with Gasteiger partial charge in [0.15, 0.2) is 0 Å². The van der Waals surface area contributed by atoms with E-state index >= 15 is 0 Å². The maximum absolute atomic E-state index is 2.73. The van der Waals surface area contributed by atoms with Crippen LogP contribution in [0.25, 0.3) is 0 Å². The predicted octanol–water partition coefficient (Wildman–Crippen LogP) is 4.26. The second-order valence-corrected chi connectivity index (χ2v) is 6.86. The largest absolute Gasteiger partial charge is 0.369 e. The standard InChI is InChI=1S/C19H30N2/c1-3-16(2)17-8-10-19(11-9-17)21-14-12-20(13-15-21)18-6-4-5-7-18/h8-11,16,18H,3-7,12-15H2,1-2H3. The van der Waals surface area contributed by atoms with Crippen LogP contribution in [0.4, 0.5) is 5.69 Å². The second kappa shape index (κ2) is 6.83. The molecule has 1 saturated carbocycles. The van der Waals surface area contributed by atoms with Crippen LogP contribution in [0.5, 0.6) is 0 Å². The summed E-state index contributed by atoms with van der Waals surface area (Å²) in [4.78, 5) is 5.29. The van der Waals surface area contributed by atoms with Crippen LogP contribution in [0.2, 0.25) is 0 Å². The molecule has 1 heterocycles. The van der Waals surface area contributed by atoms with Crippen molar-refractivity contribution in [1.29, 1.82) is 0 Å². The molecule has 0 radical (unpaired) electrons. The number of anilines is 1. The van der Waals surface area contributed by atoms with Gasteiger partial charge in [0.1, 0.15) is 0 Å². The van der Waals surface area contributed by atoms with Gasteiger partial charge in [0.05, 0.1) is 0 Å². The van der Waals surface area contributed by atoms with Gasteiger partial charge in [0.2, 0.25) is 0 Å². The van der Waals surface area contributed by atoms with E-state index in [9.17, 15) is 0 Å². The Kier molecular flexibility index (Phi) is 4.84. The quantitative estimate of drug-likeness (QED) is 0.816. The number of benzene rings is 1. The minimum Gasteiger partial charge on any atom is -0.369 e. The highest BCUT2D eigenvalue weighted by Gasteiger charge is 2.26. The van der Waals surface area contributed by atoms with E-state index < -0.39 is 0 Å². The maximum Gasteiger partial charge on any atom is 0.0367 e. The summed E-state index contributed by atoms with van der Waals surface area (Å²) in [6, 6.07) is 10.2. The Morgan fingerprint density at radius 2 is 1.62 bits per heavy atom. The molecule has 1 atom stereocenters. The van der Waals surface area contributed by atoms with Gasteiger partial charge in [0.25, 0.3) is 0 Å². The molecule has 2 aliphatic rings. The lowest BCUT2D eigenvalue weighted by atomic mass is 9.98. The molecule has 1 aromatic carbocycles. The average Bonchev–Trinajstić information content (AvgIpc) is 3.09. The molecule has 0 bridgehead atoms. The first kappa shape index (κ1) is 14.9. The molecule has 0 spiro atoms. The Bertz CT molecular complexity index is 425. The van der Waals surface area contributed by atoms with Crippen LogP contribution in [0, 0.1) is 0 Å². The zero-order valence-electron chi connectivity index (χ0n) is 13.7. The summed E-state index contributed by atoms with van der Waals surface area (Å²) in [5.74, 6) is 0.679. The molecule has 1 unspecified atom stereocenters. The molecule has 3 rings (SSSR count). The van der Waals surface area contributed by atoms with E-state index in [0.29, 0.717) is 5.92 Å². The Labute approximate surface area is 130 Å². The summed E-state index contributed by atoms with van der Waals surface area (Å²) in [6.45, 7) is 9.46. The van der Waals surface area contributed by atoms with Crippen LogP contribution in [-0.4, -0.2) is 37.1 Å². The molecule has 2 heteroatoms. The van der Waals surface area contributed by atoms with Gasteiger partial charge in [-0.25, -0.2) is 0 Å². The molecule has 1 aliphatic carbocycles. The van der Waals surface area contributed by atoms with E-state index in [0.717, 1.165) is 6.04 Å². The topological polar surface area (TPSA) is 6.48 Å². The van der Waals surface area contributed by atoms with Gasteiger partial charge in [-0.15, -0.1) is 0 Å². The predicted molar refractivity (Wildman–Crippen MR) is 91.2 cm³/mol. The zero-order chi connectivity index (χ0) is 14.7. The SMILES string of the molecule is CCC(C)c1ccc(N2CCN(C3CCCC3)CC2)cc1. The molecule has 0 N–H and O–H groups in total. The molecule has 0 aromatic heterocycles. The van der Waals surface area contributed by atoms with Crippen molar-refractivity contribution in [2.75, 3.05) is 31.1 Å². The monoisotopic (exact) mass is 286 g/mol. The number of rotatable bonds is 4. The van der Waals surface area contributed by atoms with E-state index in [1.807, 2.05) is 0 Å². The van der Waals surface area contributed by atoms with E-state index in [-0.39, 0.29) is 0 Å². The van der Waals surface area contributed by atoms with E-state index in [4.69, 9.17) is 0 Å². The number of nitrogens with zero attached hydrogens (tertiary/aromatic N) is 2. The summed E-state index contributed by atoms with van der Waals surface area (Å²) in [7, 11) is 0. The second-order valence-electron chi connectivity index (χ2n) is 6.86. The zero-order valence-corrected chi connectivity index (χ0v) is 13.7. The van der Waals surface area contributed by atoms with Gasteiger partial charge >= 0.3 is 0 Å². The van der Waals surface area contributed by atoms with Crippen LogP contribution < -0.4 is 4.90 Å². The van der Waals surface area contributed by atoms with Crippen LogP contribution in [0.1, 0.15) is 57.4 Å². The Hall–Kier alpha value is -1.02. The fourth-order valence-corrected chi connectivity index (χ4v) is 3.86. The first-order valence-corrected chi connectivity index (χ1v) is 8.87. The van der Waals surface area contributed by atoms with Crippen LogP contribution in [-0.2, 0) is 0 Å². The first-order chi connectivity index (χ1) is 10.3. The third-order valence-corrected chi connectivity index (χ3v) is 5.59. The fraction of sp³-hybridized carbons (Fsp3) is 0.684. The van der Waals surface area contributed by atoms with Gasteiger partial charge in [0, 0.05) is 37.9 Å². The van der Waals surface area contributed by atoms with Crippen molar-refractivity contribution >= 4 is 5.69 Å². The van der Waals surface area contributed by atoms with Crippen molar-refractivity contribution < 1.29 is 0 Å². The third-order valence-electron chi connectivity index (χ3n) is 5.59. The van der Waals surface area contributed by atoms with Crippen molar-refractivity contribution in [3.8, 4) is 0 Å². The minimum atomic E-state index is 0.679. The molecule has 2 nitrogen and oxygen atoms in total. The number of hydrogen-bond donors (Lipinski definition) is 0. The van der Waals surface area contributed by atoms with E-state index in [1.165, 1.54) is 69.5 Å². The van der Waals surface area contributed by atoms with Crippen molar-refractivity contribution in [3.05, 3.63) is 29.8 Å². The first-order valence-electron chi connectivity index (χ1n) is 8.87. The molecule has 21 heavy (non-hydrogen) atoms. The minimum absolute atomic E-state index is 0.679. The molecule has 1 aromatic rings. The Balaban J connectivity index is 1.56. The molecule has 116 valence electrons. The van der Waals surface area contributed by atoms with Gasteiger partial charge in [-0.2, -0.15) is 0 Å². The van der Waals surface area contributed by atoms with Crippen LogP contribution in [0.15, 0.2) is 24.3 Å². The summed E-state index contributed by atoms with van der Waals surface area (Å²) in [5.41, 5.74) is 2.89. The van der Waals surface area contributed by atoms with Crippen molar-refractivity contribution in [2.24, 2.45) is 0 Å². The van der Waals surface area contributed by atoms with Gasteiger partial charge in [-0.3, -0.25) is 4.90 Å². The van der Waals surface area contributed by atoms with Crippen molar-refractivity contribution in [2.45, 2.75) is 57.9 Å². The molecule has 1 aliphatic heterocycles. The summed E-state index contributed by atoms with van der Waals surface area (Å²) in [6.07, 6.45) is 6.98. The summed E-state index contributed by atoms with van der Waals surface area (Å²) < 4.78 is 0. The van der Waals surface area contributed by atoms with Gasteiger partial charge in [-0.05, 0) is 42.9 Å². The Morgan fingerprint density at radius 1 is 1.00 bits per heavy atom. The number of piperazine rings is 1. The lowest BCUT2D eigenvalue weighted by Crippen LogP contribution is -2.49. The smallest absolute Gasteiger partial charge is 0.0367 e. The fourth-order valence-electron chi connectivity index (χ4n) is 3.86. The highest BCUT2D eigenvalue weighted by Crippen LogP contribution is 2.26. The van der Waals surface area contributed by atoms with Crippen molar-refractivity contribution in [1.82, 2.24) is 4.90 Å². The normalized spacial score (nSPS) is 22.7. The lowest BCUT2D eigenvalue weighted by Gasteiger charge is -2.39. The summed E-state index contributed by atoms with van der Waals surface area (Å²) in [5, 5.41) is 0. The number of hydrogen-bond acceptors (Lipinski definition) is 2. The Morgan fingerprint density at radius 3 is 2.19 bits per heavy atom. The van der Waals surface area contributed by atoms with Gasteiger partial charge in [-0.1, -0.05) is 38.8 Å². The molecule has 1 saturated heterocycles. The van der Waals surface area contributed by atoms with Crippen LogP contribution >= 0.6 is 0 Å². The highest BCUT2D eigenvalue weighted by molar-refractivity contribution is 5.48. The highest BCUT2D eigenvalue weighted by atomic mass is 15.3. The third kappa shape index (κ3) is 3.42. The summed E-state index contributed by atoms with van der Waals surface area (Å²) >= 11 is 0. The van der Waals surface area contributed by atoms with E-state index in [1.54, 1.807) is 0 Å².